The van der Waals surface area contributed by atoms with Crippen molar-refractivity contribution in [3.8, 4) is 0 Å². The van der Waals surface area contributed by atoms with E-state index >= 15 is 0 Å². The second-order valence-corrected chi connectivity index (χ2v) is 14.8. The molecule has 0 saturated carbocycles. The summed E-state index contributed by atoms with van der Waals surface area (Å²) in [6.07, 6.45) is 54.8. The van der Waals surface area contributed by atoms with Crippen molar-refractivity contribution >= 4 is 0 Å². The minimum absolute atomic E-state index is 1.23. The van der Waals surface area contributed by atoms with Gasteiger partial charge < -0.3 is 0 Å². The second-order valence-electron chi connectivity index (χ2n) is 14.8. The minimum atomic E-state index is 1.23. The van der Waals surface area contributed by atoms with Gasteiger partial charge in [0.1, 0.15) is 12.4 Å². The first-order valence-corrected chi connectivity index (χ1v) is 21.4. The SMILES string of the molecule is CCCCCCCCCCCCCCCc1n(CCCCCCCCCCCCCC)cc[n+]1CCCCCCCCCCC. The van der Waals surface area contributed by atoms with Crippen LogP contribution >= 0.6 is 0 Å². The van der Waals surface area contributed by atoms with Gasteiger partial charge in [0.05, 0.1) is 13.1 Å². The zero-order valence-electron chi connectivity index (χ0n) is 31.7. The Bertz CT molecular complexity index is 692. The smallest absolute Gasteiger partial charge is 0.234 e. The van der Waals surface area contributed by atoms with Crippen molar-refractivity contribution in [1.82, 2.24) is 4.57 Å². The zero-order valence-corrected chi connectivity index (χ0v) is 31.7. The molecular formula is C43H85N2+. The highest BCUT2D eigenvalue weighted by Crippen LogP contribution is 2.16. The monoisotopic (exact) mass is 630 g/mol. The summed E-state index contributed by atoms with van der Waals surface area (Å²) in [6, 6.07) is 0. The Kier molecular flexibility index (Phi) is 32.4. The third-order valence-electron chi connectivity index (χ3n) is 10.3. The Morgan fingerprint density at radius 2 is 0.689 bits per heavy atom. The molecule has 0 aromatic carbocycles. The number of hydrogen-bond acceptors (Lipinski definition) is 0. The summed E-state index contributed by atoms with van der Waals surface area (Å²) < 4.78 is 5.28. The average Bonchev–Trinajstić information content (AvgIpc) is 3.43. The van der Waals surface area contributed by atoms with Crippen LogP contribution < -0.4 is 4.57 Å². The van der Waals surface area contributed by atoms with E-state index in [0.29, 0.717) is 0 Å². The predicted octanol–water partition coefficient (Wildman–Crippen LogP) is 14.6. The number of aromatic nitrogens is 2. The van der Waals surface area contributed by atoms with Gasteiger partial charge in [0.15, 0.2) is 0 Å². The highest BCUT2D eigenvalue weighted by molar-refractivity contribution is 4.84. The van der Waals surface area contributed by atoms with Crippen LogP contribution in [0.2, 0.25) is 0 Å². The zero-order chi connectivity index (χ0) is 32.3. The number of imidazole rings is 1. The molecule has 0 radical (unpaired) electrons. The Hall–Kier alpha value is -0.790. The molecule has 1 aromatic rings. The lowest BCUT2D eigenvalue weighted by Crippen LogP contribution is -2.37. The van der Waals surface area contributed by atoms with Crippen LogP contribution in [0.15, 0.2) is 12.4 Å². The quantitative estimate of drug-likeness (QED) is 0.0511. The number of hydrogen-bond donors (Lipinski definition) is 0. The summed E-state index contributed by atoms with van der Waals surface area (Å²) in [6.45, 7) is 9.41. The van der Waals surface area contributed by atoms with Crippen LogP contribution in [-0.4, -0.2) is 4.57 Å². The maximum absolute atomic E-state index is 2.64. The molecule has 0 aliphatic heterocycles. The average molecular weight is 630 g/mol. The normalized spacial score (nSPS) is 11.6. The molecular weight excluding hydrogens is 544 g/mol. The number of rotatable bonds is 37. The number of unbranched alkanes of at least 4 members (excludes halogenated alkanes) is 31. The largest absolute Gasteiger partial charge is 0.256 e. The number of aryl methyl sites for hydroxylation is 2. The van der Waals surface area contributed by atoms with E-state index < -0.39 is 0 Å². The standard InChI is InChI=1S/C43H85N2/c1-4-7-10-13-16-19-21-23-24-26-29-32-35-38-43-44(39-36-33-30-27-18-15-12-9-6-3)41-42-45(43)40-37-34-31-28-25-22-20-17-14-11-8-5-2/h41-42H,4-40H2,1-3H3/q+1. The molecule has 45 heavy (non-hydrogen) atoms. The van der Waals surface area contributed by atoms with Gasteiger partial charge in [0.25, 0.3) is 5.82 Å². The molecule has 1 aromatic heterocycles. The van der Waals surface area contributed by atoms with Gasteiger partial charge in [-0.05, 0) is 32.1 Å². The summed E-state index contributed by atoms with van der Waals surface area (Å²) in [4.78, 5) is 0. The molecule has 0 aliphatic rings. The van der Waals surface area contributed by atoms with E-state index in [2.05, 4.69) is 42.3 Å². The molecule has 0 bridgehead atoms. The Labute approximate surface area is 285 Å². The highest BCUT2D eigenvalue weighted by Gasteiger charge is 2.16. The van der Waals surface area contributed by atoms with E-state index in [1.807, 2.05) is 0 Å². The molecule has 0 spiro atoms. The first-order valence-electron chi connectivity index (χ1n) is 21.4. The van der Waals surface area contributed by atoms with Crippen LogP contribution in [0, 0.1) is 0 Å². The van der Waals surface area contributed by atoms with Crippen LogP contribution in [0.5, 0.6) is 0 Å². The molecule has 0 unspecified atom stereocenters. The predicted molar refractivity (Wildman–Crippen MR) is 202 cm³/mol. The maximum Gasteiger partial charge on any atom is 0.256 e. The topological polar surface area (TPSA) is 8.81 Å². The van der Waals surface area contributed by atoms with Crippen molar-refractivity contribution in [2.24, 2.45) is 0 Å². The molecule has 266 valence electrons. The summed E-state index contributed by atoms with van der Waals surface area (Å²) in [5.74, 6) is 1.63. The minimum Gasteiger partial charge on any atom is -0.234 e. The van der Waals surface area contributed by atoms with E-state index in [1.165, 1.54) is 238 Å². The molecule has 1 rings (SSSR count). The van der Waals surface area contributed by atoms with Gasteiger partial charge in [-0.15, -0.1) is 0 Å². The molecule has 0 amide bonds. The molecule has 2 heteroatoms. The molecule has 0 N–H and O–H groups in total. The fraction of sp³-hybridized carbons (Fsp3) is 0.930. The lowest BCUT2D eigenvalue weighted by molar-refractivity contribution is -0.704. The van der Waals surface area contributed by atoms with E-state index in [-0.39, 0.29) is 0 Å². The second kappa shape index (κ2) is 34.5. The Balaban J connectivity index is 2.29. The van der Waals surface area contributed by atoms with Crippen molar-refractivity contribution in [1.29, 1.82) is 0 Å². The van der Waals surface area contributed by atoms with Gasteiger partial charge >= 0.3 is 0 Å². The summed E-state index contributed by atoms with van der Waals surface area (Å²) in [7, 11) is 0. The van der Waals surface area contributed by atoms with Crippen LogP contribution in [0.4, 0.5) is 0 Å². The Morgan fingerprint density at radius 3 is 1.07 bits per heavy atom. The lowest BCUT2D eigenvalue weighted by Gasteiger charge is -2.07. The molecule has 2 nitrogen and oxygen atoms in total. The van der Waals surface area contributed by atoms with E-state index in [1.54, 1.807) is 5.82 Å². The van der Waals surface area contributed by atoms with Gasteiger partial charge in [-0.2, -0.15) is 0 Å². The molecule has 1 heterocycles. The van der Waals surface area contributed by atoms with E-state index in [9.17, 15) is 0 Å². The van der Waals surface area contributed by atoms with Crippen LogP contribution in [0.3, 0.4) is 0 Å². The van der Waals surface area contributed by atoms with Gasteiger partial charge in [-0.3, -0.25) is 0 Å². The van der Waals surface area contributed by atoms with Gasteiger partial charge in [0.2, 0.25) is 0 Å². The van der Waals surface area contributed by atoms with Crippen molar-refractivity contribution in [3.63, 3.8) is 0 Å². The fourth-order valence-electron chi connectivity index (χ4n) is 7.21. The molecule has 0 fully saturated rings. The first-order chi connectivity index (χ1) is 22.3. The van der Waals surface area contributed by atoms with Crippen molar-refractivity contribution < 1.29 is 4.57 Å². The van der Waals surface area contributed by atoms with Gasteiger partial charge in [-0.1, -0.05) is 207 Å². The molecule has 0 atom stereocenters. The molecule has 0 aliphatic carbocycles. The van der Waals surface area contributed by atoms with Crippen molar-refractivity contribution in [2.45, 2.75) is 259 Å². The highest BCUT2D eigenvalue weighted by atomic mass is 15.1. The molecule has 0 saturated heterocycles. The van der Waals surface area contributed by atoms with Gasteiger partial charge in [-0.25, -0.2) is 9.13 Å². The third-order valence-corrected chi connectivity index (χ3v) is 10.3. The van der Waals surface area contributed by atoms with Crippen LogP contribution in [-0.2, 0) is 19.5 Å². The summed E-state index contributed by atoms with van der Waals surface area (Å²) in [5, 5.41) is 0. The fourth-order valence-corrected chi connectivity index (χ4v) is 7.21. The lowest BCUT2D eigenvalue weighted by atomic mass is 10.0. The Morgan fingerprint density at radius 1 is 0.378 bits per heavy atom. The van der Waals surface area contributed by atoms with Crippen molar-refractivity contribution in [2.75, 3.05) is 0 Å². The maximum atomic E-state index is 2.64. The van der Waals surface area contributed by atoms with Crippen LogP contribution in [0.25, 0.3) is 0 Å². The summed E-state index contributed by atoms with van der Waals surface area (Å²) >= 11 is 0. The van der Waals surface area contributed by atoms with E-state index in [0.717, 1.165) is 0 Å². The summed E-state index contributed by atoms with van der Waals surface area (Å²) in [5.41, 5.74) is 0. The first kappa shape index (κ1) is 42.2. The van der Waals surface area contributed by atoms with Crippen LogP contribution in [0.1, 0.15) is 245 Å². The van der Waals surface area contributed by atoms with E-state index in [4.69, 9.17) is 0 Å². The number of nitrogens with zero attached hydrogens (tertiary/aromatic N) is 2. The van der Waals surface area contributed by atoms with Gasteiger partial charge in [0, 0.05) is 6.42 Å². The van der Waals surface area contributed by atoms with Crippen molar-refractivity contribution in [3.05, 3.63) is 18.2 Å². The third kappa shape index (κ3) is 26.9.